The second kappa shape index (κ2) is 12.9. The molecule has 3 aromatic carbocycles. The van der Waals surface area contributed by atoms with Gasteiger partial charge in [-0.2, -0.15) is 0 Å². The minimum absolute atomic E-state index is 0.102. The van der Waals surface area contributed by atoms with Crippen LogP contribution in [0.25, 0.3) is 0 Å². The van der Waals surface area contributed by atoms with Crippen LogP contribution < -0.4 is 10.6 Å². The smallest absolute Gasteiger partial charge is 0.408 e. The first-order chi connectivity index (χ1) is 19.5. The summed E-state index contributed by atoms with van der Waals surface area (Å²) in [5.41, 5.74) is 2.24. The Balaban J connectivity index is 1.73. The maximum atomic E-state index is 14.5. The fourth-order valence-corrected chi connectivity index (χ4v) is 4.87. The van der Waals surface area contributed by atoms with Crippen LogP contribution in [-0.4, -0.2) is 45.6 Å². The van der Waals surface area contributed by atoms with E-state index in [0.717, 1.165) is 30.4 Å². The number of phenols is 1. The maximum Gasteiger partial charge on any atom is 0.408 e. The van der Waals surface area contributed by atoms with Gasteiger partial charge in [0.05, 0.1) is 0 Å². The zero-order valence-corrected chi connectivity index (χ0v) is 24.1. The zero-order valence-electron chi connectivity index (χ0n) is 24.1. The molecule has 8 heteroatoms. The van der Waals surface area contributed by atoms with Crippen molar-refractivity contribution in [2.75, 3.05) is 5.32 Å². The Morgan fingerprint density at radius 2 is 1.59 bits per heavy atom. The summed E-state index contributed by atoms with van der Waals surface area (Å²) in [5, 5.41) is 15.6. The SMILES string of the molecule is Cc1ccccc1NC(=O)C(c1ccccc1)N(C(=O)C(Cc1ccc(O)cc1)NC(=O)OC(C)(C)C)C1CCC1. The summed E-state index contributed by atoms with van der Waals surface area (Å²) in [4.78, 5) is 43.1. The fourth-order valence-electron chi connectivity index (χ4n) is 4.87. The van der Waals surface area contributed by atoms with E-state index in [0.29, 0.717) is 11.3 Å². The van der Waals surface area contributed by atoms with Crippen molar-refractivity contribution in [2.45, 2.75) is 77.1 Å². The molecule has 3 aromatic rings. The zero-order chi connectivity index (χ0) is 29.6. The van der Waals surface area contributed by atoms with Crippen LogP contribution in [0.5, 0.6) is 5.75 Å². The molecule has 3 amide bonds. The van der Waals surface area contributed by atoms with Crippen LogP contribution in [-0.2, 0) is 20.7 Å². The Labute approximate surface area is 241 Å². The molecule has 2 unspecified atom stereocenters. The molecule has 0 bridgehead atoms. The van der Waals surface area contributed by atoms with Crippen molar-refractivity contribution in [1.29, 1.82) is 0 Å². The Hall–Kier alpha value is -4.33. The van der Waals surface area contributed by atoms with Gasteiger partial charge < -0.3 is 25.4 Å². The molecule has 1 aliphatic rings. The number of anilines is 1. The molecular weight excluding hydrogens is 518 g/mol. The lowest BCUT2D eigenvalue weighted by Crippen LogP contribution is -2.57. The topological polar surface area (TPSA) is 108 Å². The van der Waals surface area contributed by atoms with Gasteiger partial charge in [0.15, 0.2) is 0 Å². The number of ether oxygens (including phenoxy) is 1. The number of alkyl carbamates (subject to hydrolysis) is 1. The highest BCUT2D eigenvalue weighted by molar-refractivity contribution is 5.99. The molecule has 1 aliphatic carbocycles. The third-order valence-electron chi connectivity index (χ3n) is 7.13. The molecule has 0 heterocycles. The number of aryl methyl sites for hydroxylation is 1. The van der Waals surface area contributed by atoms with Gasteiger partial charge >= 0.3 is 6.09 Å². The lowest BCUT2D eigenvalue weighted by Gasteiger charge is -2.43. The summed E-state index contributed by atoms with van der Waals surface area (Å²) in [6.45, 7) is 7.18. The number of carbonyl (C=O) groups excluding carboxylic acids is 3. The number of hydrogen-bond donors (Lipinski definition) is 3. The maximum absolute atomic E-state index is 14.5. The van der Waals surface area contributed by atoms with E-state index in [4.69, 9.17) is 4.74 Å². The van der Waals surface area contributed by atoms with Crippen LogP contribution in [0, 0.1) is 6.92 Å². The molecule has 4 rings (SSSR count). The summed E-state index contributed by atoms with van der Waals surface area (Å²) in [6, 6.07) is 21.2. The number of para-hydroxylation sites is 1. The van der Waals surface area contributed by atoms with E-state index in [-0.39, 0.29) is 30.0 Å². The lowest BCUT2D eigenvalue weighted by molar-refractivity contribution is -0.145. The number of aromatic hydroxyl groups is 1. The quantitative estimate of drug-likeness (QED) is 0.304. The van der Waals surface area contributed by atoms with E-state index in [1.165, 1.54) is 12.1 Å². The molecule has 0 radical (unpaired) electrons. The van der Waals surface area contributed by atoms with Crippen LogP contribution >= 0.6 is 0 Å². The first-order valence-corrected chi connectivity index (χ1v) is 14.0. The van der Waals surface area contributed by atoms with Crippen LogP contribution in [0.4, 0.5) is 10.5 Å². The van der Waals surface area contributed by atoms with Gasteiger partial charge in [-0.3, -0.25) is 9.59 Å². The number of phenolic OH excluding ortho intramolecular Hbond substituents is 1. The number of amides is 3. The summed E-state index contributed by atoms with van der Waals surface area (Å²) in [5.74, 6) is -0.598. The van der Waals surface area contributed by atoms with E-state index in [1.807, 2.05) is 61.5 Å². The van der Waals surface area contributed by atoms with Crippen molar-refractivity contribution in [3.63, 3.8) is 0 Å². The molecular formula is C33H39N3O5. The predicted molar refractivity (Wildman–Crippen MR) is 158 cm³/mol. The number of nitrogens with one attached hydrogen (secondary N) is 2. The third kappa shape index (κ3) is 7.87. The highest BCUT2D eigenvalue weighted by atomic mass is 16.6. The molecule has 216 valence electrons. The Bertz CT molecular complexity index is 1350. The number of hydrogen-bond acceptors (Lipinski definition) is 5. The Morgan fingerprint density at radius 3 is 2.17 bits per heavy atom. The summed E-state index contributed by atoms with van der Waals surface area (Å²) in [6.07, 6.45) is 1.89. The average Bonchev–Trinajstić information content (AvgIpc) is 2.88. The Morgan fingerprint density at radius 1 is 0.951 bits per heavy atom. The molecule has 3 N–H and O–H groups in total. The molecule has 1 saturated carbocycles. The van der Waals surface area contributed by atoms with E-state index < -0.39 is 23.8 Å². The van der Waals surface area contributed by atoms with Crippen molar-refractivity contribution < 1.29 is 24.2 Å². The number of nitrogens with zero attached hydrogens (tertiary/aromatic N) is 1. The fraction of sp³-hybridized carbons (Fsp3) is 0.364. The number of carbonyl (C=O) groups is 3. The second-order valence-corrected chi connectivity index (χ2v) is 11.5. The van der Waals surface area contributed by atoms with Crippen LogP contribution in [0.1, 0.15) is 62.8 Å². The molecule has 0 spiro atoms. The lowest BCUT2D eigenvalue weighted by atomic mass is 9.87. The number of benzene rings is 3. The van der Waals surface area contributed by atoms with Crippen LogP contribution in [0.3, 0.4) is 0 Å². The monoisotopic (exact) mass is 557 g/mol. The average molecular weight is 558 g/mol. The van der Waals surface area contributed by atoms with E-state index in [1.54, 1.807) is 37.8 Å². The van der Waals surface area contributed by atoms with Gasteiger partial charge in [0.2, 0.25) is 5.91 Å². The van der Waals surface area contributed by atoms with Gasteiger partial charge in [-0.1, -0.05) is 60.7 Å². The number of rotatable bonds is 9. The van der Waals surface area contributed by atoms with Crippen molar-refractivity contribution >= 4 is 23.6 Å². The van der Waals surface area contributed by atoms with E-state index in [9.17, 15) is 19.5 Å². The van der Waals surface area contributed by atoms with Crippen LogP contribution in [0.2, 0.25) is 0 Å². The molecule has 2 atom stereocenters. The van der Waals surface area contributed by atoms with Gasteiger partial charge in [-0.25, -0.2) is 4.79 Å². The van der Waals surface area contributed by atoms with E-state index in [2.05, 4.69) is 10.6 Å². The second-order valence-electron chi connectivity index (χ2n) is 11.5. The standard InChI is InChI=1S/C33H39N3O5/c1-22-11-8-9-16-27(22)34-30(38)29(24-12-6-5-7-13-24)36(25-14-10-15-25)31(39)28(35-32(40)41-33(2,3)4)21-23-17-19-26(37)20-18-23/h5-9,11-13,16-20,25,28-29,37H,10,14-15,21H2,1-4H3,(H,34,38)(H,35,40). The molecule has 1 fully saturated rings. The van der Waals surface area contributed by atoms with Gasteiger partial charge in [0.25, 0.3) is 5.91 Å². The summed E-state index contributed by atoms with van der Waals surface area (Å²) < 4.78 is 5.50. The predicted octanol–water partition coefficient (Wildman–Crippen LogP) is 5.90. The molecule has 8 nitrogen and oxygen atoms in total. The van der Waals surface area contributed by atoms with Gasteiger partial charge in [-0.05, 0) is 81.8 Å². The van der Waals surface area contributed by atoms with Gasteiger partial charge in [0.1, 0.15) is 23.4 Å². The van der Waals surface area contributed by atoms with E-state index >= 15 is 0 Å². The third-order valence-corrected chi connectivity index (χ3v) is 7.13. The minimum atomic E-state index is -1.01. The molecule has 41 heavy (non-hydrogen) atoms. The van der Waals surface area contributed by atoms with Crippen molar-refractivity contribution in [2.24, 2.45) is 0 Å². The normalized spacial score (nSPS) is 14.7. The highest BCUT2D eigenvalue weighted by Crippen LogP contribution is 2.35. The first-order valence-electron chi connectivity index (χ1n) is 14.0. The summed E-state index contributed by atoms with van der Waals surface area (Å²) >= 11 is 0. The molecule has 0 aliphatic heterocycles. The first kappa shape index (κ1) is 29.6. The molecule has 0 saturated heterocycles. The Kier molecular flexibility index (Phi) is 9.32. The largest absolute Gasteiger partial charge is 0.508 e. The molecule has 0 aromatic heterocycles. The van der Waals surface area contributed by atoms with Crippen LogP contribution in [0.15, 0.2) is 78.9 Å². The summed E-state index contributed by atoms with van der Waals surface area (Å²) in [7, 11) is 0. The van der Waals surface area contributed by atoms with Gasteiger partial charge in [-0.15, -0.1) is 0 Å². The highest BCUT2D eigenvalue weighted by Gasteiger charge is 2.42. The van der Waals surface area contributed by atoms with Crippen molar-refractivity contribution in [3.8, 4) is 5.75 Å². The van der Waals surface area contributed by atoms with Crippen molar-refractivity contribution in [1.82, 2.24) is 10.2 Å². The minimum Gasteiger partial charge on any atom is -0.508 e. The van der Waals surface area contributed by atoms with Gasteiger partial charge in [0, 0.05) is 18.2 Å². The van der Waals surface area contributed by atoms with Crippen molar-refractivity contribution in [3.05, 3.63) is 95.6 Å².